The second-order valence-corrected chi connectivity index (χ2v) is 9.94. The summed E-state index contributed by atoms with van der Waals surface area (Å²) in [6, 6.07) is 12.1. The van der Waals surface area contributed by atoms with Crippen molar-refractivity contribution in [3.8, 4) is 0 Å². The van der Waals surface area contributed by atoms with Crippen molar-refractivity contribution in [2.45, 2.75) is 54.4 Å². The summed E-state index contributed by atoms with van der Waals surface area (Å²) in [6.07, 6.45) is 2.31. The maximum absolute atomic E-state index is 12.1. The van der Waals surface area contributed by atoms with Crippen molar-refractivity contribution in [2.24, 2.45) is 7.05 Å². The van der Waals surface area contributed by atoms with Crippen LogP contribution in [-0.2, 0) is 18.3 Å². The Morgan fingerprint density at radius 3 is 2.59 bits per heavy atom. The molecule has 4 heterocycles. The summed E-state index contributed by atoms with van der Waals surface area (Å²) in [5.74, 6) is 0.827. The second-order valence-electron chi connectivity index (χ2n) is 7.70. The number of hydrogen-bond acceptors (Lipinski definition) is 9. The molecule has 0 bridgehead atoms. The first kappa shape index (κ1) is 28.7. The fourth-order valence-electron chi connectivity index (χ4n) is 3.66. The summed E-state index contributed by atoms with van der Waals surface area (Å²) in [5.41, 5.74) is 9.69. The van der Waals surface area contributed by atoms with Crippen LogP contribution in [0.3, 0.4) is 0 Å². The van der Waals surface area contributed by atoms with Crippen molar-refractivity contribution in [1.82, 2.24) is 30.9 Å². The molecule has 1 aromatic carbocycles. The van der Waals surface area contributed by atoms with E-state index in [0.717, 1.165) is 31.8 Å². The highest BCUT2D eigenvalue weighted by molar-refractivity contribution is 8.00. The summed E-state index contributed by atoms with van der Waals surface area (Å²) in [7, 11) is 3.69. The summed E-state index contributed by atoms with van der Waals surface area (Å²) >= 11 is 3.19. The van der Waals surface area contributed by atoms with Gasteiger partial charge in [-0.15, -0.1) is 0 Å². The van der Waals surface area contributed by atoms with E-state index in [1.54, 1.807) is 33.1 Å². The number of benzene rings is 1. The topological polar surface area (TPSA) is 99.1 Å². The molecule has 2 aromatic heterocycles. The molecule has 9 nitrogen and oxygen atoms in total. The van der Waals surface area contributed by atoms with E-state index >= 15 is 0 Å². The van der Waals surface area contributed by atoms with Gasteiger partial charge in [-0.25, -0.2) is 15.8 Å². The van der Waals surface area contributed by atoms with Crippen molar-refractivity contribution in [3.63, 3.8) is 0 Å². The van der Waals surface area contributed by atoms with Gasteiger partial charge in [0.2, 0.25) is 5.91 Å². The highest BCUT2D eigenvalue weighted by atomic mass is 32.2. The number of aromatic nitrogens is 3. The average Bonchev–Trinajstić information content (AvgIpc) is 3.64. The van der Waals surface area contributed by atoms with E-state index in [1.165, 1.54) is 0 Å². The van der Waals surface area contributed by atoms with Crippen LogP contribution in [0.25, 0.3) is 5.70 Å². The number of pyridine rings is 1. The molecule has 3 aromatic rings. The third-order valence-electron chi connectivity index (χ3n) is 5.31. The molecule has 0 aliphatic carbocycles. The second kappa shape index (κ2) is 13.6. The molecule has 4 N–H and O–H groups in total. The minimum atomic E-state index is 0.0344. The standard InChI is InChI=1S/C22H24N8OS2.2C2H6/c1-13(25-18-8-9-29(2)28-18)21-17(6-7-19(26-21)33-22-23-12-24-27-22)32-15-4-5-16-14(10-15)11-20(31)30(16)3;2*1-2/h4-10,22-24,27H,1,11-12H2,2-3H3,(H,25,28);2*1-2H3. The molecule has 5 rings (SSSR count). The van der Waals surface area contributed by atoms with Gasteiger partial charge in [0.15, 0.2) is 5.82 Å². The van der Waals surface area contributed by atoms with Crippen LogP contribution in [0.1, 0.15) is 39.0 Å². The average molecular weight is 541 g/mol. The fraction of sp³-hybridized carbons (Fsp3) is 0.346. The number of likely N-dealkylation sites (N-methyl/N-ethyl adjacent to an activating group) is 1. The van der Waals surface area contributed by atoms with Gasteiger partial charge >= 0.3 is 0 Å². The van der Waals surface area contributed by atoms with E-state index in [0.29, 0.717) is 24.6 Å². The number of aryl methyl sites for hydroxylation is 1. The maximum atomic E-state index is 12.1. The Hall–Kier alpha value is -2.83. The smallest absolute Gasteiger partial charge is 0.231 e. The van der Waals surface area contributed by atoms with E-state index < -0.39 is 0 Å². The number of carbonyl (C=O) groups excluding carboxylic acids is 1. The zero-order chi connectivity index (χ0) is 26.9. The van der Waals surface area contributed by atoms with Crippen molar-refractivity contribution in [2.75, 3.05) is 23.9 Å². The number of rotatable bonds is 7. The Bertz CT molecular complexity index is 1220. The Morgan fingerprint density at radius 1 is 1.14 bits per heavy atom. The number of carbonyl (C=O) groups is 1. The largest absolute Gasteiger partial charge is 0.337 e. The van der Waals surface area contributed by atoms with Crippen LogP contribution in [0.4, 0.5) is 11.5 Å². The van der Waals surface area contributed by atoms with Crippen molar-refractivity contribution in [1.29, 1.82) is 0 Å². The van der Waals surface area contributed by atoms with Gasteiger partial charge in [-0.1, -0.05) is 57.8 Å². The van der Waals surface area contributed by atoms with Crippen LogP contribution in [0.15, 0.2) is 64.0 Å². The maximum Gasteiger partial charge on any atom is 0.231 e. The molecule has 198 valence electrons. The minimum Gasteiger partial charge on any atom is -0.337 e. The lowest BCUT2D eigenvalue weighted by atomic mass is 10.2. The Kier molecular flexibility index (Phi) is 10.6. The molecule has 0 saturated carbocycles. The third kappa shape index (κ3) is 7.14. The molecule has 2 aliphatic heterocycles. The lowest BCUT2D eigenvalue weighted by molar-refractivity contribution is -0.117. The first-order chi connectivity index (χ1) is 18.0. The molecule has 2 aliphatic rings. The van der Waals surface area contributed by atoms with Gasteiger partial charge in [-0.3, -0.25) is 14.8 Å². The molecule has 1 atom stereocenters. The monoisotopic (exact) mass is 540 g/mol. The summed E-state index contributed by atoms with van der Waals surface area (Å²) in [5, 5.41) is 11.8. The number of thioether (sulfide) groups is 1. The molecule has 0 radical (unpaired) electrons. The summed E-state index contributed by atoms with van der Waals surface area (Å²) in [6.45, 7) is 12.9. The Labute approximate surface area is 227 Å². The number of fused-ring (bicyclic) bond motifs is 1. The number of amides is 1. The predicted octanol–water partition coefficient (Wildman–Crippen LogP) is 4.65. The summed E-state index contributed by atoms with van der Waals surface area (Å²) in [4.78, 5) is 20.7. The quantitative estimate of drug-likeness (QED) is 0.341. The van der Waals surface area contributed by atoms with E-state index in [-0.39, 0.29) is 11.4 Å². The van der Waals surface area contributed by atoms with Crippen molar-refractivity contribution in [3.05, 3.63) is 60.4 Å². The minimum absolute atomic E-state index is 0.0344. The van der Waals surface area contributed by atoms with Gasteiger partial charge in [-0.05, 0) is 35.9 Å². The zero-order valence-corrected chi connectivity index (χ0v) is 23.9. The van der Waals surface area contributed by atoms with E-state index in [4.69, 9.17) is 4.98 Å². The molecular formula is C26H36N8OS2. The lowest BCUT2D eigenvalue weighted by Gasteiger charge is -2.15. The zero-order valence-electron chi connectivity index (χ0n) is 22.3. The lowest BCUT2D eigenvalue weighted by Crippen LogP contribution is -2.30. The Morgan fingerprint density at radius 2 is 1.92 bits per heavy atom. The van der Waals surface area contributed by atoms with Crippen LogP contribution in [-0.4, -0.2) is 39.9 Å². The van der Waals surface area contributed by atoms with Gasteiger partial charge in [0.1, 0.15) is 11.2 Å². The fourth-order valence-corrected chi connectivity index (χ4v) is 5.49. The molecule has 11 heteroatoms. The van der Waals surface area contributed by atoms with Gasteiger partial charge in [0, 0.05) is 41.8 Å². The molecule has 0 spiro atoms. The SMILES string of the molecule is C=C(Nc1ccn(C)n1)c1nc(SC2NCNN2)ccc1Sc1ccc2c(c1)CC(=O)N2C.CC.CC. The van der Waals surface area contributed by atoms with Crippen LogP contribution >= 0.6 is 23.5 Å². The highest BCUT2D eigenvalue weighted by Crippen LogP contribution is 2.38. The van der Waals surface area contributed by atoms with Gasteiger partial charge in [-0.2, -0.15) is 5.10 Å². The van der Waals surface area contributed by atoms with E-state index in [1.807, 2.05) is 72.3 Å². The van der Waals surface area contributed by atoms with Gasteiger partial charge in [0.25, 0.3) is 0 Å². The van der Waals surface area contributed by atoms with E-state index in [9.17, 15) is 4.79 Å². The predicted molar refractivity (Wildman–Crippen MR) is 154 cm³/mol. The molecule has 1 unspecified atom stereocenters. The number of hydrazine groups is 1. The van der Waals surface area contributed by atoms with Crippen molar-refractivity contribution >= 4 is 46.6 Å². The van der Waals surface area contributed by atoms with E-state index in [2.05, 4.69) is 45.3 Å². The molecular weight excluding hydrogens is 504 g/mol. The van der Waals surface area contributed by atoms with Crippen LogP contribution < -0.4 is 26.4 Å². The molecule has 1 fully saturated rings. The van der Waals surface area contributed by atoms with Crippen LogP contribution in [0.2, 0.25) is 0 Å². The number of nitrogens with zero attached hydrogens (tertiary/aromatic N) is 4. The number of hydrogen-bond donors (Lipinski definition) is 4. The molecule has 1 amide bonds. The third-order valence-corrected chi connectivity index (χ3v) is 7.34. The number of anilines is 2. The Balaban J connectivity index is 0.000000907. The van der Waals surface area contributed by atoms with Crippen LogP contribution in [0, 0.1) is 0 Å². The molecule has 1 saturated heterocycles. The van der Waals surface area contributed by atoms with Gasteiger partial charge in [0.05, 0.1) is 23.8 Å². The first-order valence-corrected chi connectivity index (χ1v) is 14.1. The van der Waals surface area contributed by atoms with Crippen molar-refractivity contribution < 1.29 is 4.79 Å². The number of nitrogens with one attached hydrogen (secondary N) is 4. The normalized spacial score (nSPS) is 15.9. The van der Waals surface area contributed by atoms with Crippen LogP contribution in [0.5, 0.6) is 0 Å². The highest BCUT2D eigenvalue weighted by Gasteiger charge is 2.24. The van der Waals surface area contributed by atoms with Gasteiger partial charge < -0.3 is 10.2 Å². The first-order valence-electron chi connectivity index (χ1n) is 12.4. The molecule has 37 heavy (non-hydrogen) atoms. The summed E-state index contributed by atoms with van der Waals surface area (Å²) < 4.78 is 1.73.